The highest BCUT2D eigenvalue weighted by atomic mass is 79.9. The molecule has 0 unspecified atom stereocenters. The van der Waals surface area contributed by atoms with E-state index in [9.17, 15) is 4.39 Å². The summed E-state index contributed by atoms with van der Waals surface area (Å²) < 4.78 is 13.8. The van der Waals surface area contributed by atoms with Crippen LogP contribution in [0.5, 0.6) is 0 Å². The van der Waals surface area contributed by atoms with E-state index in [4.69, 9.17) is 5.73 Å². The van der Waals surface area contributed by atoms with Gasteiger partial charge in [0.25, 0.3) is 0 Å². The summed E-state index contributed by atoms with van der Waals surface area (Å²) in [6.07, 6.45) is 0. The smallest absolute Gasteiger partial charge is 0.137 e. The third-order valence-corrected chi connectivity index (χ3v) is 4.06. The third kappa shape index (κ3) is 1.30. The van der Waals surface area contributed by atoms with Gasteiger partial charge in [-0.05, 0) is 33.0 Å². The number of hydrogen-bond donors (Lipinski definition) is 1. The van der Waals surface area contributed by atoms with Crippen molar-refractivity contribution in [1.29, 1.82) is 0 Å². The summed E-state index contributed by atoms with van der Waals surface area (Å²) in [5.41, 5.74) is 7.03. The molecule has 0 spiro atoms. The molecule has 1 aliphatic rings. The molecule has 3 heteroatoms. The van der Waals surface area contributed by atoms with Crippen LogP contribution in [0.1, 0.15) is 25.3 Å². The van der Waals surface area contributed by atoms with Gasteiger partial charge in [-0.3, -0.25) is 0 Å². The zero-order valence-electron chi connectivity index (χ0n) is 8.22. The van der Waals surface area contributed by atoms with Crippen LogP contribution in [-0.4, -0.2) is 6.04 Å². The molecule has 0 radical (unpaired) electrons. The fourth-order valence-corrected chi connectivity index (χ4v) is 2.54. The maximum absolute atomic E-state index is 13.3. The highest BCUT2D eigenvalue weighted by Gasteiger charge is 2.56. The topological polar surface area (TPSA) is 26.0 Å². The van der Waals surface area contributed by atoms with E-state index < -0.39 is 0 Å². The minimum absolute atomic E-state index is 0.0936. The summed E-state index contributed by atoms with van der Waals surface area (Å²) in [5, 5.41) is 0. The van der Waals surface area contributed by atoms with Crippen molar-refractivity contribution in [2.24, 2.45) is 11.1 Å². The quantitative estimate of drug-likeness (QED) is 0.823. The summed E-state index contributed by atoms with van der Waals surface area (Å²) in [6.45, 7) is 4.22. The molecule has 14 heavy (non-hydrogen) atoms. The minimum atomic E-state index is -0.211. The lowest BCUT2D eigenvalue weighted by Crippen LogP contribution is -2.06. The lowest BCUT2D eigenvalue weighted by atomic mass is 10.0. The van der Waals surface area contributed by atoms with Crippen LogP contribution in [0, 0.1) is 11.2 Å². The standard InChI is InChI=1S/C11H13BrFN/c1-11(2)8(10(11)14)6-4-3-5-7(13)9(6)12/h3-5,8,10H,14H2,1-2H3/t8-,10-/m0/s1. The monoisotopic (exact) mass is 257 g/mol. The lowest BCUT2D eigenvalue weighted by Gasteiger charge is -2.05. The van der Waals surface area contributed by atoms with Crippen LogP contribution in [0.3, 0.4) is 0 Å². The Hall–Kier alpha value is -0.410. The second-order valence-corrected chi connectivity index (χ2v) is 5.26. The van der Waals surface area contributed by atoms with E-state index in [1.54, 1.807) is 6.07 Å². The van der Waals surface area contributed by atoms with Crippen molar-refractivity contribution in [2.75, 3.05) is 0 Å². The summed E-state index contributed by atoms with van der Waals surface area (Å²) >= 11 is 3.27. The van der Waals surface area contributed by atoms with Gasteiger partial charge in [-0.1, -0.05) is 26.0 Å². The van der Waals surface area contributed by atoms with Crippen LogP contribution < -0.4 is 5.73 Å². The Bertz CT molecular complexity index is 376. The van der Waals surface area contributed by atoms with E-state index in [-0.39, 0.29) is 23.2 Å². The molecular weight excluding hydrogens is 245 g/mol. The zero-order chi connectivity index (χ0) is 10.5. The van der Waals surface area contributed by atoms with Crippen LogP contribution in [0.25, 0.3) is 0 Å². The molecule has 1 aliphatic carbocycles. The maximum Gasteiger partial charge on any atom is 0.137 e. The van der Waals surface area contributed by atoms with Crippen LogP contribution in [0.4, 0.5) is 4.39 Å². The number of benzene rings is 1. The molecule has 0 heterocycles. The first-order valence-electron chi connectivity index (χ1n) is 4.65. The van der Waals surface area contributed by atoms with E-state index in [1.807, 2.05) is 6.07 Å². The predicted octanol–water partition coefficient (Wildman–Crippen LogP) is 3.04. The van der Waals surface area contributed by atoms with Gasteiger partial charge in [-0.25, -0.2) is 4.39 Å². The maximum atomic E-state index is 13.3. The number of nitrogens with two attached hydrogens (primary N) is 1. The molecule has 2 atom stereocenters. The molecule has 1 nitrogen and oxygen atoms in total. The van der Waals surface area contributed by atoms with Gasteiger partial charge < -0.3 is 5.73 Å². The highest BCUT2D eigenvalue weighted by Crippen LogP contribution is 2.58. The van der Waals surface area contributed by atoms with E-state index in [0.717, 1.165) is 5.56 Å². The second-order valence-electron chi connectivity index (χ2n) is 4.47. The van der Waals surface area contributed by atoms with Crippen molar-refractivity contribution in [3.63, 3.8) is 0 Å². The van der Waals surface area contributed by atoms with Gasteiger partial charge in [0, 0.05) is 12.0 Å². The molecule has 76 valence electrons. The Morgan fingerprint density at radius 2 is 2.00 bits per heavy atom. The fourth-order valence-electron chi connectivity index (χ4n) is 2.03. The van der Waals surface area contributed by atoms with E-state index in [2.05, 4.69) is 29.8 Å². The molecule has 1 aromatic carbocycles. The number of halogens is 2. The first-order valence-corrected chi connectivity index (χ1v) is 5.45. The van der Waals surface area contributed by atoms with Crippen molar-refractivity contribution in [1.82, 2.24) is 0 Å². The molecule has 1 aromatic rings. The van der Waals surface area contributed by atoms with E-state index in [1.165, 1.54) is 6.07 Å². The largest absolute Gasteiger partial charge is 0.327 e. The van der Waals surface area contributed by atoms with Gasteiger partial charge in [0.15, 0.2) is 0 Å². The summed E-state index contributed by atoms with van der Waals surface area (Å²) in [5.74, 6) is 0.0602. The molecule has 0 bridgehead atoms. The normalized spacial score (nSPS) is 28.9. The molecule has 1 saturated carbocycles. The van der Waals surface area contributed by atoms with Gasteiger partial charge >= 0.3 is 0 Å². The molecule has 2 N–H and O–H groups in total. The third-order valence-electron chi connectivity index (χ3n) is 3.23. The molecule has 0 aromatic heterocycles. The Morgan fingerprint density at radius 3 is 2.50 bits per heavy atom. The first-order chi connectivity index (χ1) is 6.46. The van der Waals surface area contributed by atoms with Gasteiger partial charge in [0.2, 0.25) is 0 Å². The van der Waals surface area contributed by atoms with Crippen molar-refractivity contribution in [2.45, 2.75) is 25.8 Å². The SMILES string of the molecule is CC1(C)[C@@H](N)[C@@H]1c1cccc(F)c1Br. The highest BCUT2D eigenvalue weighted by molar-refractivity contribution is 9.10. The molecule has 2 rings (SSSR count). The summed E-state index contributed by atoms with van der Waals surface area (Å²) in [4.78, 5) is 0. The van der Waals surface area contributed by atoms with Gasteiger partial charge in [-0.15, -0.1) is 0 Å². The van der Waals surface area contributed by atoms with Crippen LogP contribution in [0.15, 0.2) is 22.7 Å². The Labute approximate surface area is 91.6 Å². The number of rotatable bonds is 1. The molecule has 0 amide bonds. The summed E-state index contributed by atoms with van der Waals surface area (Å²) in [7, 11) is 0. The second kappa shape index (κ2) is 3.04. The van der Waals surface area contributed by atoms with Crippen molar-refractivity contribution in [3.05, 3.63) is 34.1 Å². The first kappa shape index (κ1) is 10.1. The van der Waals surface area contributed by atoms with Crippen molar-refractivity contribution < 1.29 is 4.39 Å². The molecule has 0 aliphatic heterocycles. The Kier molecular flexibility index (Phi) is 2.20. The zero-order valence-corrected chi connectivity index (χ0v) is 9.81. The van der Waals surface area contributed by atoms with E-state index in [0.29, 0.717) is 4.47 Å². The number of hydrogen-bond acceptors (Lipinski definition) is 1. The van der Waals surface area contributed by atoms with Crippen LogP contribution in [0.2, 0.25) is 0 Å². The Morgan fingerprint density at radius 1 is 1.43 bits per heavy atom. The Balaban J connectivity index is 2.40. The lowest BCUT2D eigenvalue weighted by molar-refractivity contribution is 0.591. The molecule has 1 fully saturated rings. The van der Waals surface area contributed by atoms with Crippen molar-refractivity contribution >= 4 is 15.9 Å². The molecular formula is C11H13BrFN. The molecule has 0 saturated heterocycles. The van der Waals surface area contributed by atoms with Gasteiger partial charge in [0.05, 0.1) is 4.47 Å². The minimum Gasteiger partial charge on any atom is -0.327 e. The fraction of sp³-hybridized carbons (Fsp3) is 0.455. The average molecular weight is 258 g/mol. The van der Waals surface area contributed by atoms with Gasteiger partial charge in [-0.2, -0.15) is 0 Å². The summed E-state index contributed by atoms with van der Waals surface area (Å²) in [6, 6.07) is 5.26. The van der Waals surface area contributed by atoms with Crippen LogP contribution >= 0.6 is 15.9 Å². The predicted molar refractivity (Wildman–Crippen MR) is 58.6 cm³/mol. The average Bonchev–Trinajstić information content (AvgIpc) is 2.59. The van der Waals surface area contributed by atoms with E-state index >= 15 is 0 Å². The van der Waals surface area contributed by atoms with Crippen molar-refractivity contribution in [3.8, 4) is 0 Å². The van der Waals surface area contributed by atoms with Crippen LogP contribution in [-0.2, 0) is 0 Å². The van der Waals surface area contributed by atoms with Gasteiger partial charge in [0.1, 0.15) is 5.82 Å².